The Balaban J connectivity index is 2.21. The van der Waals surface area contributed by atoms with E-state index in [1.54, 1.807) is 0 Å². The van der Waals surface area contributed by atoms with Crippen LogP contribution in [0.5, 0.6) is 0 Å². The molecule has 0 bridgehead atoms. The Morgan fingerprint density at radius 1 is 1.38 bits per heavy atom. The van der Waals surface area contributed by atoms with Crippen molar-refractivity contribution >= 4 is 0 Å². The number of aliphatic hydroxyl groups is 1. The second kappa shape index (κ2) is 8.04. The summed E-state index contributed by atoms with van der Waals surface area (Å²) in [5, 5.41) is 12.3. The van der Waals surface area contributed by atoms with Crippen molar-refractivity contribution in [3.05, 3.63) is 0 Å². The summed E-state index contributed by atoms with van der Waals surface area (Å²) in [5.41, 5.74) is 0. The van der Waals surface area contributed by atoms with Crippen LogP contribution in [0.25, 0.3) is 0 Å². The van der Waals surface area contributed by atoms with E-state index in [1.165, 1.54) is 38.8 Å². The van der Waals surface area contributed by atoms with Crippen molar-refractivity contribution in [3.63, 3.8) is 0 Å². The van der Waals surface area contributed by atoms with Crippen molar-refractivity contribution in [1.29, 1.82) is 0 Å². The fourth-order valence-electron chi connectivity index (χ4n) is 2.52. The Bertz CT molecular complexity index is 171. The van der Waals surface area contributed by atoms with E-state index in [0.29, 0.717) is 0 Å². The number of nitrogens with zero attached hydrogens (tertiary/aromatic N) is 1. The van der Waals surface area contributed by atoms with Crippen molar-refractivity contribution in [1.82, 2.24) is 10.2 Å². The lowest BCUT2D eigenvalue weighted by molar-refractivity contribution is 0.212. The SMILES string of the molecule is CCC1CCCN(CCC(CO)NC)CC1. The first kappa shape index (κ1) is 13.9. The summed E-state index contributed by atoms with van der Waals surface area (Å²) in [6.45, 7) is 6.19. The quantitative estimate of drug-likeness (QED) is 0.722. The smallest absolute Gasteiger partial charge is 0.0585 e. The number of hydrogen-bond acceptors (Lipinski definition) is 3. The summed E-state index contributed by atoms with van der Waals surface area (Å²) in [7, 11) is 1.93. The third-order valence-electron chi connectivity index (χ3n) is 3.94. The van der Waals surface area contributed by atoms with Crippen LogP contribution in [-0.2, 0) is 0 Å². The number of aliphatic hydroxyl groups excluding tert-OH is 1. The summed E-state index contributed by atoms with van der Waals surface area (Å²) >= 11 is 0. The third kappa shape index (κ3) is 4.81. The standard InChI is InChI=1S/C13H28N2O/c1-3-12-5-4-8-15(9-6-12)10-7-13(11-16)14-2/h12-14,16H,3-11H2,1-2H3. The van der Waals surface area contributed by atoms with E-state index >= 15 is 0 Å². The van der Waals surface area contributed by atoms with Gasteiger partial charge in [0.05, 0.1) is 6.61 Å². The van der Waals surface area contributed by atoms with Crippen molar-refractivity contribution in [2.24, 2.45) is 5.92 Å². The first-order valence-electron chi connectivity index (χ1n) is 6.80. The predicted octanol–water partition coefficient (Wildman–Crippen LogP) is 1.47. The zero-order valence-electron chi connectivity index (χ0n) is 10.9. The van der Waals surface area contributed by atoms with Crippen LogP contribution in [0.4, 0.5) is 0 Å². The van der Waals surface area contributed by atoms with Gasteiger partial charge in [-0.3, -0.25) is 0 Å². The molecule has 96 valence electrons. The van der Waals surface area contributed by atoms with Gasteiger partial charge in [0.25, 0.3) is 0 Å². The zero-order valence-corrected chi connectivity index (χ0v) is 10.9. The molecule has 3 heteroatoms. The van der Waals surface area contributed by atoms with Crippen LogP contribution in [-0.4, -0.2) is 49.3 Å². The van der Waals surface area contributed by atoms with Gasteiger partial charge in [-0.25, -0.2) is 0 Å². The molecule has 0 radical (unpaired) electrons. The molecule has 2 unspecified atom stereocenters. The van der Waals surface area contributed by atoms with Gasteiger partial charge >= 0.3 is 0 Å². The first-order valence-corrected chi connectivity index (χ1v) is 6.80. The molecular formula is C13H28N2O. The van der Waals surface area contributed by atoms with Crippen LogP contribution in [0.2, 0.25) is 0 Å². The van der Waals surface area contributed by atoms with Crippen LogP contribution >= 0.6 is 0 Å². The molecule has 0 saturated carbocycles. The van der Waals surface area contributed by atoms with E-state index in [-0.39, 0.29) is 12.6 Å². The number of likely N-dealkylation sites (tertiary alicyclic amines) is 1. The summed E-state index contributed by atoms with van der Waals surface area (Å²) in [6.07, 6.45) is 6.51. The molecule has 1 saturated heterocycles. The lowest BCUT2D eigenvalue weighted by Gasteiger charge is -2.22. The Labute approximate surface area is 100 Å². The van der Waals surface area contributed by atoms with E-state index in [2.05, 4.69) is 17.1 Å². The second-order valence-corrected chi connectivity index (χ2v) is 5.00. The molecule has 1 heterocycles. The highest BCUT2D eigenvalue weighted by Gasteiger charge is 2.16. The number of rotatable bonds is 6. The zero-order chi connectivity index (χ0) is 11.8. The lowest BCUT2D eigenvalue weighted by Crippen LogP contribution is -2.35. The van der Waals surface area contributed by atoms with Gasteiger partial charge < -0.3 is 15.3 Å². The van der Waals surface area contributed by atoms with Gasteiger partial charge in [0.2, 0.25) is 0 Å². The minimum atomic E-state index is 0.252. The Kier molecular flexibility index (Phi) is 7.01. The normalized spacial score (nSPS) is 25.3. The van der Waals surface area contributed by atoms with Crippen LogP contribution in [0, 0.1) is 5.92 Å². The molecule has 1 rings (SSSR count). The molecular weight excluding hydrogens is 200 g/mol. The van der Waals surface area contributed by atoms with Crippen molar-refractivity contribution in [2.45, 2.75) is 45.1 Å². The predicted molar refractivity (Wildman–Crippen MR) is 68.6 cm³/mol. The molecule has 0 aromatic rings. The second-order valence-electron chi connectivity index (χ2n) is 5.00. The van der Waals surface area contributed by atoms with Crippen LogP contribution in [0.15, 0.2) is 0 Å². The highest BCUT2D eigenvalue weighted by Crippen LogP contribution is 2.20. The van der Waals surface area contributed by atoms with Crippen LogP contribution < -0.4 is 5.32 Å². The van der Waals surface area contributed by atoms with E-state index in [9.17, 15) is 0 Å². The van der Waals surface area contributed by atoms with Gasteiger partial charge in [0.15, 0.2) is 0 Å². The summed E-state index contributed by atoms with van der Waals surface area (Å²) in [6, 6.07) is 0.269. The molecule has 0 aromatic carbocycles. The Hall–Kier alpha value is -0.120. The van der Waals surface area contributed by atoms with Gasteiger partial charge in [0.1, 0.15) is 0 Å². The lowest BCUT2D eigenvalue weighted by atomic mass is 9.98. The van der Waals surface area contributed by atoms with Gasteiger partial charge in [-0.2, -0.15) is 0 Å². The largest absolute Gasteiger partial charge is 0.395 e. The monoisotopic (exact) mass is 228 g/mol. The average Bonchev–Trinajstić information content (AvgIpc) is 2.55. The minimum Gasteiger partial charge on any atom is -0.395 e. The van der Waals surface area contributed by atoms with Gasteiger partial charge in [-0.15, -0.1) is 0 Å². The Morgan fingerprint density at radius 2 is 2.19 bits per heavy atom. The summed E-state index contributed by atoms with van der Waals surface area (Å²) < 4.78 is 0. The third-order valence-corrected chi connectivity index (χ3v) is 3.94. The molecule has 16 heavy (non-hydrogen) atoms. The molecule has 0 aliphatic carbocycles. The van der Waals surface area contributed by atoms with Gasteiger partial charge in [-0.05, 0) is 58.3 Å². The van der Waals surface area contributed by atoms with E-state index in [0.717, 1.165) is 18.9 Å². The molecule has 2 atom stereocenters. The maximum atomic E-state index is 9.11. The fourth-order valence-corrected chi connectivity index (χ4v) is 2.52. The number of hydrogen-bond donors (Lipinski definition) is 2. The van der Waals surface area contributed by atoms with E-state index < -0.39 is 0 Å². The molecule has 2 N–H and O–H groups in total. The van der Waals surface area contributed by atoms with Crippen molar-refractivity contribution in [2.75, 3.05) is 33.3 Å². The molecule has 0 amide bonds. The molecule has 1 aliphatic rings. The van der Waals surface area contributed by atoms with Crippen molar-refractivity contribution < 1.29 is 5.11 Å². The maximum absolute atomic E-state index is 9.11. The molecule has 0 spiro atoms. The van der Waals surface area contributed by atoms with Crippen LogP contribution in [0.3, 0.4) is 0 Å². The maximum Gasteiger partial charge on any atom is 0.0585 e. The molecule has 3 nitrogen and oxygen atoms in total. The topological polar surface area (TPSA) is 35.5 Å². The van der Waals surface area contributed by atoms with E-state index in [1.807, 2.05) is 7.05 Å². The van der Waals surface area contributed by atoms with E-state index in [4.69, 9.17) is 5.11 Å². The number of likely N-dealkylation sites (N-methyl/N-ethyl adjacent to an activating group) is 1. The van der Waals surface area contributed by atoms with Gasteiger partial charge in [-0.1, -0.05) is 13.3 Å². The first-order chi connectivity index (χ1) is 7.80. The summed E-state index contributed by atoms with van der Waals surface area (Å²) in [5.74, 6) is 0.947. The summed E-state index contributed by atoms with van der Waals surface area (Å²) in [4.78, 5) is 2.57. The van der Waals surface area contributed by atoms with Crippen LogP contribution in [0.1, 0.15) is 39.0 Å². The van der Waals surface area contributed by atoms with Crippen molar-refractivity contribution in [3.8, 4) is 0 Å². The molecule has 0 aromatic heterocycles. The highest BCUT2D eigenvalue weighted by atomic mass is 16.3. The average molecular weight is 228 g/mol. The Morgan fingerprint density at radius 3 is 2.81 bits per heavy atom. The molecule has 1 fully saturated rings. The highest BCUT2D eigenvalue weighted by molar-refractivity contribution is 4.72. The van der Waals surface area contributed by atoms with Gasteiger partial charge in [0, 0.05) is 6.04 Å². The fraction of sp³-hybridized carbons (Fsp3) is 1.00. The molecule has 1 aliphatic heterocycles. The number of nitrogens with one attached hydrogen (secondary N) is 1. The minimum absolute atomic E-state index is 0.252.